The van der Waals surface area contributed by atoms with E-state index in [1.807, 2.05) is 0 Å². The van der Waals surface area contributed by atoms with Crippen LogP contribution in [0.25, 0.3) is 5.57 Å². The molecule has 1 nitrogen and oxygen atoms in total. The van der Waals surface area contributed by atoms with Gasteiger partial charge in [-0.1, -0.05) is 18.2 Å². The molecule has 1 aromatic rings. The van der Waals surface area contributed by atoms with Crippen molar-refractivity contribution in [3.05, 3.63) is 34.9 Å². The summed E-state index contributed by atoms with van der Waals surface area (Å²) in [5.41, 5.74) is 5.17. The van der Waals surface area contributed by atoms with Crippen molar-refractivity contribution >= 4 is 5.57 Å². The zero-order valence-corrected chi connectivity index (χ0v) is 9.22. The van der Waals surface area contributed by atoms with Crippen molar-refractivity contribution in [3.8, 4) is 5.75 Å². The number of para-hydroxylation sites is 1. The number of ether oxygens (including phenoxy) is 1. The van der Waals surface area contributed by atoms with Gasteiger partial charge >= 0.3 is 0 Å². The van der Waals surface area contributed by atoms with Crippen LogP contribution in [0.1, 0.15) is 31.9 Å². The topological polar surface area (TPSA) is 9.23 Å². The molecule has 0 aromatic heterocycles. The molecule has 0 spiro atoms. The average Bonchev–Trinajstić information content (AvgIpc) is 2.17. The third kappa shape index (κ3) is 1.24. The molecule has 1 atom stereocenters. The largest absolute Gasteiger partial charge is 0.485 e. The van der Waals surface area contributed by atoms with Crippen molar-refractivity contribution < 1.29 is 4.74 Å². The van der Waals surface area contributed by atoms with E-state index in [0.29, 0.717) is 0 Å². The van der Waals surface area contributed by atoms with E-state index in [0.717, 1.165) is 5.75 Å². The van der Waals surface area contributed by atoms with Crippen LogP contribution in [0.4, 0.5) is 0 Å². The van der Waals surface area contributed by atoms with Crippen LogP contribution in [0.2, 0.25) is 0 Å². The Kier molecular flexibility index (Phi) is 2.10. The van der Waals surface area contributed by atoms with Crippen molar-refractivity contribution in [2.75, 3.05) is 0 Å². The molecule has 74 valence electrons. The zero-order chi connectivity index (χ0) is 10.3. The van der Waals surface area contributed by atoms with Crippen LogP contribution in [0.15, 0.2) is 23.8 Å². The maximum absolute atomic E-state index is 5.89. The molecule has 0 N–H and O–H groups in total. The molecule has 1 heterocycles. The first-order valence-electron chi connectivity index (χ1n) is 5.05. The van der Waals surface area contributed by atoms with Gasteiger partial charge < -0.3 is 4.74 Å². The second kappa shape index (κ2) is 3.16. The molecule has 0 fully saturated rings. The molecule has 1 aliphatic heterocycles. The number of allylic oxidation sites excluding steroid dienone is 1. The number of fused-ring (bicyclic) bond motifs is 1. The van der Waals surface area contributed by atoms with Crippen LogP contribution in [0, 0.1) is 6.92 Å². The van der Waals surface area contributed by atoms with Gasteiger partial charge in [0.2, 0.25) is 0 Å². The summed E-state index contributed by atoms with van der Waals surface area (Å²) in [6.45, 7) is 8.52. The lowest BCUT2D eigenvalue weighted by Gasteiger charge is -2.27. The molecule has 1 aromatic carbocycles. The molecule has 1 aliphatic rings. The SMILES string of the molecule is CC1=C(C)C(C)Oc2c(C)cccc21. The van der Waals surface area contributed by atoms with Gasteiger partial charge in [0.15, 0.2) is 0 Å². The predicted molar refractivity (Wildman–Crippen MR) is 59.5 cm³/mol. The van der Waals surface area contributed by atoms with Crippen LogP contribution >= 0.6 is 0 Å². The number of hydrogen-bond acceptors (Lipinski definition) is 1. The van der Waals surface area contributed by atoms with Gasteiger partial charge in [-0.3, -0.25) is 0 Å². The van der Waals surface area contributed by atoms with Crippen molar-refractivity contribution in [1.82, 2.24) is 0 Å². The van der Waals surface area contributed by atoms with E-state index in [9.17, 15) is 0 Å². The number of benzene rings is 1. The van der Waals surface area contributed by atoms with Gasteiger partial charge in [0.1, 0.15) is 11.9 Å². The summed E-state index contributed by atoms with van der Waals surface area (Å²) in [5, 5.41) is 0. The van der Waals surface area contributed by atoms with Gasteiger partial charge in [0.25, 0.3) is 0 Å². The molecule has 14 heavy (non-hydrogen) atoms. The highest BCUT2D eigenvalue weighted by atomic mass is 16.5. The van der Waals surface area contributed by atoms with Gasteiger partial charge in [-0.15, -0.1) is 0 Å². The third-order valence-corrected chi connectivity index (χ3v) is 3.11. The lowest BCUT2D eigenvalue weighted by atomic mass is 9.94. The van der Waals surface area contributed by atoms with E-state index < -0.39 is 0 Å². The first-order chi connectivity index (χ1) is 6.61. The first kappa shape index (κ1) is 9.32. The quantitative estimate of drug-likeness (QED) is 0.604. The third-order valence-electron chi connectivity index (χ3n) is 3.11. The maximum Gasteiger partial charge on any atom is 0.130 e. The summed E-state index contributed by atoms with van der Waals surface area (Å²) in [7, 11) is 0. The lowest BCUT2D eigenvalue weighted by Crippen LogP contribution is -2.19. The van der Waals surface area contributed by atoms with E-state index in [-0.39, 0.29) is 6.10 Å². The van der Waals surface area contributed by atoms with Crippen molar-refractivity contribution in [3.63, 3.8) is 0 Å². The second-order valence-corrected chi connectivity index (χ2v) is 4.02. The molecule has 1 unspecified atom stereocenters. The Morgan fingerprint density at radius 1 is 1.14 bits per heavy atom. The molecule has 1 heteroatoms. The van der Waals surface area contributed by atoms with Crippen LogP contribution < -0.4 is 4.74 Å². The average molecular weight is 188 g/mol. The molecule has 0 saturated heterocycles. The zero-order valence-electron chi connectivity index (χ0n) is 9.22. The summed E-state index contributed by atoms with van der Waals surface area (Å²) in [4.78, 5) is 0. The molecule has 0 radical (unpaired) electrons. The summed E-state index contributed by atoms with van der Waals surface area (Å²) < 4.78 is 5.89. The molecule has 0 bridgehead atoms. The fourth-order valence-electron chi connectivity index (χ4n) is 1.89. The van der Waals surface area contributed by atoms with E-state index in [1.54, 1.807) is 0 Å². The number of rotatable bonds is 0. The first-order valence-corrected chi connectivity index (χ1v) is 5.05. The second-order valence-electron chi connectivity index (χ2n) is 4.02. The maximum atomic E-state index is 5.89. The van der Waals surface area contributed by atoms with Crippen molar-refractivity contribution in [2.24, 2.45) is 0 Å². The van der Waals surface area contributed by atoms with E-state index >= 15 is 0 Å². The predicted octanol–water partition coefficient (Wildman–Crippen LogP) is 3.57. The highest BCUT2D eigenvalue weighted by Gasteiger charge is 2.21. The number of hydrogen-bond donors (Lipinski definition) is 0. The van der Waals surface area contributed by atoms with Gasteiger partial charge in [0.05, 0.1) is 0 Å². The van der Waals surface area contributed by atoms with Crippen molar-refractivity contribution in [1.29, 1.82) is 0 Å². The fraction of sp³-hybridized carbons (Fsp3) is 0.385. The van der Waals surface area contributed by atoms with E-state index in [4.69, 9.17) is 4.74 Å². The molecule has 0 aliphatic carbocycles. The summed E-state index contributed by atoms with van der Waals surface area (Å²) in [5.74, 6) is 1.06. The molecular formula is C13H16O. The Balaban J connectivity index is 2.65. The Bertz CT molecular complexity index is 402. The minimum absolute atomic E-state index is 0.212. The Labute approximate surface area is 85.4 Å². The fourth-order valence-corrected chi connectivity index (χ4v) is 1.89. The Morgan fingerprint density at radius 2 is 1.86 bits per heavy atom. The normalized spacial score (nSPS) is 20.4. The van der Waals surface area contributed by atoms with Gasteiger partial charge in [0, 0.05) is 5.56 Å². The minimum Gasteiger partial charge on any atom is -0.485 e. The van der Waals surface area contributed by atoms with Gasteiger partial charge in [-0.25, -0.2) is 0 Å². The summed E-state index contributed by atoms with van der Waals surface area (Å²) in [6.07, 6.45) is 0.212. The molecule has 2 rings (SSSR count). The summed E-state index contributed by atoms with van der Waals surface area (Å²) >= 11 is 0. The molecular weight excluding hydrogens is 172 g/mol. The highest BCUT2D eigenvalue weighted by Crippen LogP contribution is 2.37. The Morgan fingerprint density at radius 3 is 2.57 bits per heavy atom. The van der Waals surface area contributed by atoms with Crippen molar-refractivity contribution in [2.45, 2.75) is 33.8 Å². The monoisotopic (exact) mass is 188 g/mol. The van der Waals surface area contributed by atoms with Crippen LogP contribution in [0.3, 0.4) is 0 Å². The summed E-state index contributed by atoms with van der Waals surface area (Å²) in [6, 6.07) is 6.32. The van der Waals surface area contributed by atoms with E-state index in [1.165, 1.54) is 22.3 Å². The molecule has 0 saturated carbocycles. The standard InChI is InChI=1S/C13H16O/c1-8-6-5-7-12-10(3)9(2)11(4)14-13(8)12/h5-7,11H,1-4H3. The smallest absolute Gasteiger partial charge is 0.130 e. The number of aryl methyl sites for hydroxylation is 1. The minimum atomic E-state index is 0.212. The van der Waals surface area contributed by atoms with Crippen LogP contribution in [-0.4, -0.2) is 6.10 Å². The van der Waals surface area contributed by atoms with Crippen LogP contribution in [-0.2, 0) is 0 Å². The molecule has 0 amide bonds. The van der Waals surface area contributed by atoms with Gasteiger partial charge in [-0.05, 0) is 44.4 Å². The van der Waals surface area contributed by atoms with E-state index in [2.05, 4.69) is 45.9 Å². The van der Waals surface area contributed by atoms with Crippen LogP contribution in [0.5, 0.6) is 5.75 Å². The Hall–Kier alpha value is -1.24. The highest BCUT2D eigenvalue weighted by molar-refractivity contribution is 5.74. The lowest BCUT2D eigenvalue weighted by molar-refractivity contribution is 0.250. The van der Waals surface area contributed by atoms with Gasteiger partial charge in [-0.2, -0.15) is 0 Å².